The second-order valence-corrected chi connectivity index (χ2v) is 5.60. The number of carbonyl (C=O) groups is 2. The van der Waals surface area contributed by atoms with E-state index in [0.29, 0.717) is 12.3 Å². The number of nitrogens with one attached hydrogen (secondary N) is 1. The van der Waals surface area contributed by atoms with Crippen LogP contribution < -0.4 is 10.2 Å². The summed E-state index contributed by atoms with van der Waals surface area (Å²) >= 11 is 0. The summed E-state index contributed by atoms with van der Waals surface area (Å²) in [7, 11) is 0. The lowest BCUT2D eigenvalue weighted by Crippen LogP contribution is -2.44. The van der Waals surface area contributed by atoms with Gasteiger partial charge in [-0.1, -0.05) is 25.1 Å². The van der Waals surface area contributed by atoms with Crippen LogP contribution in [-0.4, -0.2) is 30.1 Å². The molecule has 0 bridgehead atoms. The predicted molar refractivity (Wildman–Crippen MR) is 83.9 cm³/mol. The van der Waals surface area contributed by atoms with Crippen LogP contribution in [0.5, 0.6) is 0 Å². The molecule has 0 spiro atoms. The Morgan fingerprint density at radius 2 is 2.13 bits per heavy atom. The molecule has 0 saturated carbocycles. The van der Waals surface area contributed by atoms with E-state index in [1.165, 1.54) is 11.2 Å². The summed E-state index contributed by atoms with van der Waals surface area (Å²) < 4.78 is 5.17. The molecule has 2 aromatic rings. The van der Waals surface area contributed by atoms with Crippen LogP contribution in [0.15, 0.2) is 47.1 Å². The number of benzene rings is 1. The average molecular weight is 314 g/mol. The molecule has 0 saturated heterocycles. The summed E-state index contributed by atoms with van der Waals surface area (Å²) in [5, 5.41) is 11.9. The Balaban J connectivity index is 1.75. The van der Waals surface area contributed by atoms with Crippen molar-refractivity contribution in [2.75, 3.05) is 18.1 Å². The van der Waals surface area contributed by atoms with Gasteiger partial charge in [0.05, 0.1) is 12.9 Å². The van der Waals surface area contributed by atoms with Crippen molar-refractivity contribution in [3.63, 3.8) is 0 Å². The highest BCUT2D eigenvalue weighted by Gasteiger charge is 2.33. The zero-order valence-electron chi connectivity index (χ0n) is 12.7. The van der Waals surface area contributed by atoms with Gasteiger partial charge in [-0.05, 0) is 23.8 Å². The minimum Gasteiger partial charge on any atom is -0.467 e. The highest BCUT2D eigenvalue weighted by molar-refractivity contribution is 6.40. The number of nitrogens with zero attached hydrogens (tertiary/aromatic N) is 1. The number of amides is 2. The Labute approximate surface area is 133 Å². The lowest BCUT2D eigenvalue weighted by molar-refractivity contribution is -0.138. The number of fused-ring (bicyclic) bond motifs is 1. The fraction of sp³-hybridized carbons (Fsp3) is 0.294. The summed E-state index contributed by atoms with van der Waals surface area (Å²) in [6.45, 7) is 2.14. The van der Waals surface area contributed by atoms with Crippen LogP contribution >= 0.6 is 0 Å². The monoisotopic (exact) mass is 314 g/mol. The molecule has 0 radical (unpaired) electrons. The Bertz CT molecular complexity index is 711. The van der Waals surface area contributed by atoms with Crippen LogP contribution in [0.25, 0.3) is 0 Å². The molecule has 1 aliphatic heterocycles. The topological polar surface area (TPSA) is 82.8 Å². The van der Waals surface area contributed by atoms with Crippen LogP contribution in [0.4, 0.5) is 5.69 Å². The van der Waals surface area contributed by atoms with Crippen molar-refractivity contribution in [3.05, 3.63) is 54.0 Å². The fourth-order valence-corrected chi connectivity index (χ4v) is 2.85. The molecule has 23 heavy (non-hydrogen) atoms. The third kappa shape index (κ3) is 2.85. The smallest absolute Gasteiger partial charge is 0.316 e. The molecule has 0 fully saturated rings. The number of rotatable bonds is 3. The molecule has 1 aromatic carbocycles. The van der Waals surface area contributed by atoms with Gasteiger partial charge in [0.2, 0.25) is 0 Å². The van der Waals surface area contributed by atoms with Gasteiger partial charge in [-0.3, -0.25) is 9.59 Å². The Kier molecular flexibility index (Phi) is 4.16. The van der Waals surface area contributed by atoms with E-state index < -0.39 is 17.9 Å². The molecule has 120 valence electrons. The van der Waals surface area contributed by atoms with E-state index >= 15 is 0 Å². The zero-order valence-corrected chi connectivity index (χ0v) is 12.7. The number of carbonyl (C=O) groups excluding carboxylic acids is 2. The SMILES string of the molecule is CC1CN(C(=O)C(=O)NC(CO)c2ccco2)c2ccccc21. The number of furan rings is 1. The average Bonchev–Trinajstić information content (AvgIpc) is 3.20. The second-order valence-electron chi connectivity index (χ2n) is 5.60. The van der Waals surface area contributed by atoms with E-state index in [0.717, 1.165) is 11.3 Å². The first kappa shape index (κ1) is 15.3. The van der Waals surface area contributed by atoms with Crippen molar-refractivity contribution in [3.8, 4) is 0 Å². The van der Waals surface area contributed by atoms with Crippen molar-refractivity contribution in [1.29, 1.82) is 0 Å². The normalized spacial score (nSPS) is 17.7. The number of aliphatic hydroxyl groups is 1. The van der Waals surface area contributed by atoms with Crippen LogP contribution in [0.1, 0.15) is 30.2 Å². The van der Waals surface area contributed by atoms with Gasteiger partial charge in [-0.15, -0.1) is 0 Å². The van der Waals surface area contributed by atoms with Crippen LogP contribution in [0, 0.1) is 0 Å². The summed E-state index contributed by atoms with van der Waals surface area (Å²) in [4.78, 5) is 26.2. The second kappa shape index (κ2) is 6.26. The largest absolute Gasteiger partial charge is 0.467 e. The number of hydrogen-bond acceptors (Lipinski definition) is 4. The maximum atomic E-state index is 12.5. The van der Waals surface area contributed by atoms with E-state index in [4.69, 9.17) is 4.42 Å². The van der Waals surface area contributed by atoms with Crippen LogP contribution in [0.3, 0.4) is 0 Å². The maximum Gasteiger partial charge on any atom is 0.316 e. The first-order chi connectivity index (χ1) is 11.1. The lowest BCUT2D eigenvalue weighted by Gasteiger charge is -2.19. The van der Waals surface area contributed by atoms with Gasteiger partial charge in [-0.2, -0.15) is 0 Å². The van der Waals surface area contributed by atoms with Gasteiger partial charge < -0.3 is 19.7 Å². The molecule has 0 aliphatic carbocycles. The van der Waals surface area contributed by atoms with Gasteiger partial charge in [0.15, 0.2) is 0 Å². The highest BCUT2D eigenvalue weighted by Crippen LogP contribution is 2.35. The third-order valence-corrected chi connectivity index (χ3v) is 4.03. The molecule has 2 heterocycles. The van der Waals surface area contributed by atoms with Crippen molar-refractivity contribution < 1.29 is 19.1 Å². The molecule has 2 atom stereocenters. The molecule has 3 rings (SSSR count). The summed E-state index contributed by atoms with van der Waals surface area (Å²) in [6.07, 6.45) is 1.45. The third-order valence-electron chi connectivity index (χ3n) is 4.03. The van der Waals surface area contributed by atoms with Gasteiger partial charge >= 0.3 is 11.8 Å². The standard InChI is InChI=1S/C17H18N2O4/c1-11-9-19(14-6-3-2-5-12(11)14)17(22)16(21)18-13(10-20)15-7-4-8-23-15/h2-8,11,13,20H,9-10H2,1H3,(H,18,21). The molecule has 2 N–H and O–H groups in total. The summed E-state index contributed by atoms with van der Waals surface area (Å²) in [6, 6.07) is 10.1. The molecule has 6 nitrogen and oxygen atoms in total. The quantitative estimate of drug-likeness (QED) is 0.843. The first-order valence-corrected chi connectivity index (χ1v) is 7.47. The summed E-state index contributed by atoms with van der Waals surface area (Å²) in [5.74, 6) is -0.804. The highest BCUT2D eigenvalue weighted by atomic mass is 16.3. The maximum absolute atomic E-state index is 12.5. The Morgan fingerprint density at radius 1 is 1.35 bits per heavy atom. The molecular formula is C17H18N2O4. The van der Waals surface area contributed by atoms with E-state index in [-0.39, 0.29) is 12.5 Å². The van der Waals surface area contributed by atoms with E-state index in [2.05, 4.69) is 5.32 Å². The van der Waals surface area contributed by atoms with Gasteiger partial charge in [0.1, 0.15) is 11.8 Å². The lowest BCUT2D eigenvalue weighted by atomic mass is 10.0. The molecular weight excluding hydrogens is 296 g/mol. The number of anilines is 1. The number of aliphatic hydroxyl groups excluding tert-OH is 1. The summed E-state index contributed by atoms with van der Waals surface area (Å²) in [5.41, 5.74) is 1.82. The Hall–Kier alpha value is -2.60. The van der Waals surface area contributed by atoms with Crippen molar-refractivity contribution in [2.45, 2.75) is 18.9 Å². The van der Waals surface area contributed by atoms with Crippen molar-refractivity contribution in [2.24, 2.45) is 0 Å². The van der Waals surface area contributed by atoms with Crippen LogP contribution in [-0.2, 0) is 9.59 Å². The minimum absolute atomic E-state index is 0.182. The first-order valence-electron chi connectivity index (χ1n) is 7.47. The number of hydrogen-bond donors (Lipinski definition) is 2. The van der Waals surface area contributed by atoms with Crippen LogP contribution in [0.2, 0.25) is 0 Å². The molecule has 2 unspecified atom stereocenters. The van der Waals surface area contributed by atoms with Gasteiger partial charge in [0.25, 0.3) is 0 Å². The molecule has 6 heteroatoms. The van der Waals surface area contributed by atoms with Gasteiger partial charge in [-0.25, -0.2) is 0 Å². The fourth-order valence-electron chi connectivity index (χ4n) is 2.85. The van der Waals surface area contributed by atoms with Gasteiger partial charge in [0, 0.05) is 18.2 Å². The Morgan fingerprint density at radius 3 is 2.83 bits per heavy atom. The van der Waals surface area contributed by atoms with E-state index in [1.54, 1.807) is 12.1 Å². The number of para-hydroxylation sites is 1. The molecule has 1 aromatic heterocycles. The van der Waals surface area contributed by atoms with E-state index in [1.807, 2.05) is 31.2 Å². The molecule has 1 aliphatic rings. The van der Waals surface area contributed by atoms with Crippen molar-refractivity contribution >= 4 is 17.5 Å². The van der Waals surface area contributed by atoms with Crippen molar-refractivity contribution in [1.82, 2.24) is 5.32 Å². The molecule has 2 amide bonds. The predicted octanol–water partition coefficient (Wildman–Crippen LogP) is 1.58. The zero-order chi connectivity index (χ0) is 16.4. The minimum atomic E-state index is -0.760. The van der Waals surface area contributed by atoms with E-state index in [9.17, 15) is 14.7 Å².